The van der Waals surface area contributed by atoms with E-state index in [2.05, 4.69) is 45.9 Å². The maximum atomic E-state index is 12.6. The molecule has 0 aromatic carbocycles. The highest BCUT2D eigenvalue weighted by molar-refractivity contribution is 5.82. The van der Waals surface area contributed by atoms with Crippen LogP contribution in [0.1, 0.15) is 99.8 Å². The first-order chi connectivity index (χ1) is 18.5. The third kappa shape index (κ3) is 16.1. The summed E-state index contributed by atoms with van der Waals surface area (Å²) >= 11 is 0. The van der Waals surface area contributed by atoms with Crippen molar-refractivity contribution in [3.05, 3.63) is 71.4 Å². The molecule has 1 heterocycles. The van der Waals surface area contributed by atoms with Crippen LogP contribution >= 0.6 is 0 Å². The number of esters is 2. The van der Waals surface area contributed by atoms with Gasteiger partial charge in [0.1, 0.15) is 12.2 Å². The Labute approximate surface area is 237 Å². The normalized spacial score (nSPS) is 24.4. The van der Waals surface area contributed by atoms with E-state index in [0.717, 1.165) is 36.0 Å². The molecule has 218 valence electrons. The lowest BCUT2D eigenvalue weighted by atomic mass is 9.94. The minimum absolute atomic E-state index is 0.0932. The van der Waals surface area contributed by atoms with Gasteiger partial charge in [-0.25, -0.2) is 4.79 Å². The molecule has 1 aliphatic heterocycles. The minimum atomic E-state index is -0.370. The second kappa shape index (κ2) is 19.4. The van der Waals surface area contributed by atoms with Crippen LogP contribution in [0.3, 0.4) is 0 Å². The SMILES string of the molecule is CCC[C@H](O)C/C=C(C)/C=C/C=C(C)/C=C(C)/C=C/C(=O)O[C@H]1CCCC(=O)O[C@@H](C(C)C)C/C=C/C[C@@H]1C. The van der Waals surface area contributed by atoms with Gasteiger partial charge in [-0.15, -0.1) is 0 Å². The highest BCUT2D eigenvalue weighted by atomic mass is 16.5. The largest absolute Gasteiger partial charge is 0.462 e. The number of aliphatic hydroxyl groups excluding tert-OH is 1. The lowest BCUT2D eigenvalue weighted by Gasteiger charge is -2.24. The van der Waals surface area contributed by atoms with Crippen LogP contribution in [0.15, 0.2) is 71.4 Å². The molecule has 0 radical (unpaired) electrons. The monoisotopic (exact) mass is 540 g/mol. The zero-order valence-corrected chi connectivity index (χ0v) is 25.3. The van der Waals surface area contributed by atoms with Gasteiger partial charge in [0.15, 0.2) is 0 Å². The number of cyclic esters (lactones) is 1. The van der Waals surface area contributed by atoms with E-state index in [1.807, 2.05) is 45.1 Å². The third-order valence-electron chi connectivity index (χ3n) is 6.83. The topological polar surface area (TPSA) is 72.8 Å². The number of rotatable bonds is 11. The predicted octanol–water partition coefficient (Wildman–Crippen LogP) is 8.12. The molecular weight excluding hydrogens is 488 g/mol. The fourth-order valence-corrected chi connectivity index (χ4v) is 4.32. The molecule has 5 heteroatoms. The van der Waals surface area contributed by atoms with E-state index in [9.17, 15) is 14.7 Å². The van der Waals surface area contributed by atoms with Crippen molar-refractivity contribution in [1.29, 1.82) is 0 Å². The van der Waals surface area contributed by atoms with Crippen molar-refractivity contribution in [2.45, 2.75) is 118 Å². The molecule has 0 saturated carbocycles. The van der Waals surface area contributed by atoms with Gasteiger partial charge in [0.2, 0.25) is 0 Å². The summed E-state index contributed by atoms with van der Waals surface area (Å²) in [7, 11) is 0. The zero-order valence-electron chi connectivity index (χ0n) is 25.3. The summed E-state index contributed by atoms with van der Waals surface area (Å²) in [5.74, 6) is -0.121. The Hall–Kier alpha value is -2.66. The average Bonchev–Trinajstić information content (AvgIpc) is 2.86. The maximum absolute atomic E-state index is 12.6. The predicted molar refractivity (Wildman–Crippen MR) is 161 cm³/mol. The summed E-state index contributed by atoms with van der Waals surface area (Å²) in [6, 6.07) is 0. The molecule has 0 spiro atoms. The van der Waals surface area contributed by atoms with E-state index in [1.165, 1.54) is 6.08 Å². The number of carbonyl (C=O) groups is 2. The lowest BCUT2D eigenvalue weighted by molar-refractivity contribution is -0.151. The van der Waals surface area contributed by atoms with E-state index in [1.54, 1.807) is 6.08 Å². The molecule has 0 bridgehead atoms. The Morgan fingerprint density at radius 3 is 2.51 bits per heavy atom. The molecule has 0 aromatic heterocycles. The molecule has 0 amide bonds. The first kappa shape index (κ1) is 34.4. The van der Waals surface area contributed by atoms with Gasteiger partial charge in [-0.3, -0.25) is 4.79 Å². The number of hydrogen-bond donors (Lipinski definition) is 1. The van der Waals surface area contributed by atoms with Crippen molar-refractivity contribution in [2.75, 3.05) is 0 Å². The Morgan fingerprint density at radius 1 is 1.10 bits per heavy atom. The van der Waals surface area contributed by atoms with Gasteiger partial charge < -0.3 is 14.6 Å². The molecule has 0 unspecified atom stereocenters. The standard InChI is InChI=1S/C34H52O5/c1-8-13-30(35)22-20-26(4)14-11-15-27(5)24-28(6)21-23-34(37)39-32-18-12-19-33(36)38-31(25(2)3)17-10-9-16-29(32)7/h9-11,14-15,20-21,23-25,29-32,35H,8,12-13,16-19,22H2,1-7H3/b10-9+,14-11+,23-21+,26-20+,27-15+,28-24+/t29-,30-,31+,32-/m0/s1. The number of hydrogen-bond acceptors (Lipinski definition) is 5. The number of aliphatic hydroxyl groups is 1. The smallest absolute Gasteiger partial charge is 0.331 e. The molecule has 39 heavy (non-hydrogen) atoms. The van der Waals surface area contributed by atoms with Crippen LogP contribution in [-0.2, 0) is 19.1 Å². The van der Waals surface area contributed by atoms with Crippen LogP contribution in [-0.4, -0.2) is 35.4 Å². The highest BCUT2D eigenvalue weighted by Crippen LogP contribution is 2.22. The summed E-state index contributed by atoms with van der Waals surface area (Å²) in [5, 5.41) is 9.86. The van der Waals surface area contributed by atoms with E-state index in [4.69, 9.17) is 9.47 Å². The number of carbonyl (C=O) groups excluding carboxylic acids is 2. The zero-order chi connectivity index (χ0) is 29.2. The molecule has 0 fully saturated rings. The Kier molecular flexibility index (Phi) is 17.1. The first-order valence-electron chi connectivity index (χ1n) is 14.6. The van der Waals surface area contributed by atoms with Crippen LogP contribution in [0.5, 0.6) is 0 Å². The van der Waals surface area contributed by atoms with Crippen LogP contribution in [0.25, 0.3) is 0 Å². The Bertz CT molecular complexity index is 931. The van der Waals surface area contributed by atoms with E-state index < -0.39 is 0 Å². The van der Waals surface area contributed by atoms with Crippen LogP contribution in [0.2, 0.25) is 0 Å². The average molecular weight is 541 g/mol. The Morgan fingerprint density at radius 2 is 1.82 bits per heavy atom. The van der Waals surface area contributed by atoms with Crippen LogP contribution in [0.4, 0.5) is 0 Å². The molecule has 1 rings (SSSR count). The van der Waals surface area contributed by atoms with Gasteiger partial charge in [-0.1, -0.05) is 99.4 Å². The molecule has 1 aliphatic rings. The van der Waals surface area contributed by atoms with Crippen LogP contribution < -0.4 is 0 Å². The summed E-state index contributed by atoms with van der Waals surface area (Å²) in [6.45, 7) is 14.3. The second-order valence-electron chi connectivity index (χ2n) is 11.2. The van der Waals surface area contributed by atoms with Gasteiger partial charge in [-0.2, -0.15) is 0 Å². The number of allylic oxidation sites excluding steroid dienone is 9. The van der Waals surface area contributed by atoms with Crippen molar-refractivity contribution in [3.8, 4) is 0 Å². The van der Waals surface area contributed by atoms with Gasteiger partial charge in [0, 0.05) is 18.9 Å². The van der Waals surface area contributed by atoms with E-state index in [-0.39, 0.29) is 42.1 Å². The van der Waals surface area contributed by atoms with Crippen molar-refractivity contribution in [1.82, 2.24) is 0 Å². The highest BCUT2D eigenvalue weighted by Gasteiger charge is 2.23. The van der Waals surface area contributed by atoms with Crippen molar-refractivity contribution < 1.29 is 24.2 Å². The van der Waals surface area contributed by atoms with Crippen molar-refractivity contribution in [3.63, 3.8) is 0 Å². The molecule has 4 atom stereocenters. The van der Waals surface area contributed by atoms with Crippen molar-refractivity contribution >= 4 is 11.9 Å². The van der Waals surface area contributed by atoms with Crippen molar-refractivity contribution in [2.24, 2.45) is 11.8 Å². The minimum Gasteiger partial charge on any atom is -0.462 e. The van der Waals surface area contributed by atoms with Gasteiger partial charge in [-0.05, 0) is 64.7 Å². The fourth-order valence-electron chi connectivity index (χ4n) is 4.32. The molecule has 0 saturated heterocycles. The second-order valence-corrected chi connectivity index (χ2v) is 11.2. The molecule has 0 aliphatic carbocycles. The maximum Gasteiger partial charge on any atom is 0.331 e. The Balaban J connectivity index is 2.70. The van der Waals surface area contributed by atoms with E-state index >= 15 is 0 Å². The molecule has 5 nitrogen and oxygen atoms in total. The van der Waals surface area contributed by atoms with Gasteiger partial charge in [0.25, 0.3) is 0 Å². The van der Waals surface area contributed by atoms with Crippen LogP contribution in [0, 0.1) is 11.8 Å². The van der Waals surface area contributed by atoms with Gasteiger partial charge in [0.05, 0.1) is 6.10 Å². The van der Waals surface area contributed by atoms with E-state index in [0.29, 0.717) is 32.1 Å². The quantitative estimate of drug-likeness (QED) is 0.124. The van der Waals surface area contributed by atoms with Gasteiger partial charge >= 0.3 is 11.9 Å². The molecule has 0 aromatic rings. The summed E-state index contributed by atoms with van der Waals surface area (Å²) in [4.78, 5) is 24.9. The molecular formula is C34H52O5. The number of ether oxygens (including phenoxy) is 2. The lowest BCUT2D eigenvalue weighted by Crippen LogP contribution is -2.26. The fraction of sp³-hybridized carbons (Fsp3) is 0.588. The first-order valence-corrected chi connectivity index (χ1v) is 14.6. The summed E-state index contributed by atoms with van der Waals surface area (Å²) in [6.07, 6.45) is 22.5. The molecule has 1 N–H and O–H groups in total. The summed E-state index contributed by atoms with van der Waals surface area (Å²) < 4.78 is 11.5. The summed E-state index contributed by atoms with van der Waals surface area (Å²) in [5.41, 5.74) is 3.12. The third-order valence-corrected chi connectivity index (χ3v) is 6.83.